The maximum absolute atomic E-state index is 13.2. The molecule has 2 amide bonds. The van der Waals surface area contributed by atoms with Crippen molar-refractivity contribution >= 4 is 45.5 Å². The molecule has 2 aliphatic carbocycles. The van der Waals surface area contributed by atoms with E-state index in [2.05, 4.69) is 42.5 Å². The lowest BCUT2D eigenvalue weighted by atomic mass is 9.76. The van der Waals surface area contributed by atoms with Crippen LogP contribution in [0.25, 0.3) is 33.7 Å². The van der Waals surface area contributed by atoms with Crippen molar-refractivity contribution in [1.82, 2.24) is 4.90 Å². The lowest BCUT2D eigenvalue weighted by Crippen LogP contribution is -2.46. The van der Waals surface area contributed by atoms with E-state index in [1.807, 2.05) is 12.1 Å². The summed E-state index contributed by atoms with van der Waals surface area (Å²) < 4.78 is 5.10. The SMILES string of the molecule is COCCN1C(=O)c2ccc3c4c5c(cccc5c5c3c2C(C=C5)C1=O)CC=C4. The molecule has 1 heterocycles. The van der Waals surface area contributed by atoms with Gasteiger partial charge in [-0.15, -0.1) is 0 Å². The number of carbonyl (C=O) groups is 2. The highest BCUT2D eigenvalue weighted by atomic mass is 16.5. The third kappa shape index (κ3) is 2.07. The van der Waals surface area contributed by atoms with Gasteiger partial charge in [0, 0.05) is 12.7 Å². The molecule has 142 valence electrons. The van der Waals surface area contributed by atoms with Crippen LogP contribution in [0.1, 0.15) is 38.5 Å². The predicted octanol–water partition coefficient (Wildman–Crippen LogP) is 4.30. The minimum absolute atomic E-state index is 0.160. The van der Waals surface area contributed by atoms with Crippen LogP contribution in [0, 0.1) is 0 Å². The molecule has 0 aromatic heterocycles. The first-order valence-corrected chi connectivity index (χ1v) is 9.94. The van der Waals surface area contributed by atoms with Crippen molar-refractivity contribution in [3.63, 3.8) is 0 Å². The molecule has 1 unspecified atom stereocenters. The van der Waals surface area contributed by atoms with Crippen molar-refractivity contribution in [3.8, 4) is 0 Å². The standard InChI is InChI=1S/C25H19NO3/c1-29-13-12-26-24(27)19-10-8-17-15-6-2-4-14-5-3-7-16(21(14)15)18-9-11-20(25(26)28)23(19)22(17)18/h2-4,6-11,19H,5,12-13H2,1H3. The van der Waals surface area contributed by atoms with Gasteiger partial charge < -0.3 is 4.74 Å². The summed E-state index contributed by atoms with van der Waals surface area (Å²) in [6, 6.07) is 10.4. The second-order valence-corrected chi connectivity index (χ2v) is 7.85. The van der Waals surface area contributed by atoms with E-state index in [1.165, 1.54) is 26.8 Å². The number of methoxy groups -OCH3 is 1. The summed E-state index contributed by atoms with van der Waals surface area (Å²) in [6.45, 7) is 0.613. The molecule has 0 N–H and O–H groups in total. The highest BCUT2D eigenvalue weighted by Gasteiger charge is 2.40. The molecule has 3 aliphatic rings. The summed E-state index contributed by atoms with van der Waals surface area (Å²) in [6.07, 6.45) is 9.34. The number of hydrogen-bond acceptors (Lipinski definition) is 3. The summed E-state index contributed by atoms with van der Waals surface area (Å²) in [7, 11) is 1.57. The minimum atomic E-state index is -0.420. The van der Waals surface area contributed by atoms with Gasteiger partial charge in [-0.3, -0.25) is 14.5 Å². The molecule has 4 nitrogen and oxygen atoms in total. The van der Waals surface area contributed by atoms with E-state index in [1.54, 1.807) is 7.11 Å². The van der Waals surface area contributed by atoms with Crippen LogP contribution < -0.4 is 0 Å². The van der Waals surface area contributed by atoms with Gasteiger partial charge in [0.05, 0.1) is 19.1 Å². The molecule has 0 fully saturated rings. The lowest BCUT2D eigenvalue weighted by molar-refractivity contribution is -0.130. The first-order chi connectivity index (χ1) is 14.2. The summed E-state index contributed by atoms with van der Waals surface area (Å²) in [5, 5.41) is 4.65. The van der Waals surface area contributed by atoms with Crippen LogP contribution in [0.3, 0.4) is 0 Å². The Morgan fingerprint density at radius 2 is 1.86 bits per heavy atom. The number of fused-ring (bicyclic) bond motifs is 2. The fourth-order valence-electron chi connectivity index (χ4n) is 5.18. The second-order valence-electron chi connectivity index (χ2n) is 7.85. The Bertz CT molecular complexity index is 1320. The summed E-state index contributed by atoms with van der Waals surface area (Å²) in [4.78, 5) is 27.7. The smallest absolute Gasteiger partial charge is 0.260 e. The van der Waals surface area contributed by atoms with Gasteiger partial charge in [-0.25, -0.2) is 0 Å². The minimum Gasteiger partial charge on any atom is -0.383 e. The van der Waals surface area contributed by atoms with E-state index in [0.717, 1.165) is 28.3 Å². The zero-order valence-corrected chi connectivity index (χ0v) is 16.1. The molecule has 1 aliphatic heterocycles. The highest BCUT2D eigenvalue weighted by molar-refractivity contribution is 6.22. The number of imide groups is 1. The van der Waals surface area contributed by atoms with Gasteiger partial charge in [-0.05, 0) is 56.3 Å². The van der Waals surface area contributed by atoms with E-state index in [-0.39, 0.29) is 18.4 Å². The molecule has 0 saturated heterocycles. The number of rotatable bonds is 3. The van der Waals surface area contributed by atoms with Crippen LogP contribution in [-0.4, -0.2) is 37.0 Å². The number of hydrogen-bond donors (Lipinski definition) is 0. The van der Waals surface area contributed by atoms with Gasteiger partial charge in [-0.2, -0.15) is 0 Å². The molecular weight excluding hydrogens is 362 g/mol. The Morgan fingerprint density at radius 1 is 1.03 bits per heavy atom. The monoisotopic (exact) mass is 381 g/mol. The molecule has 3 aromatic carbocycles. The molecule has 0 bridgehead atoms. The Labute approximate surface area is 168 Å². The van der Waals surface area contributed by atoms with E-state index in [9.17, 15) is 9.59 Å². The molecule has 29 heavy (non-hydrogen) atoms. The van der Waals surface area contributed by atoms with Crippen molar-refractivity contribution in [2.24, 2.45) is 0 Å². The average Bonchev–Trinajstić information content (AvgIpc) is 2.76. The van der Waals surface area contributed by atoms with Gasteiger partial charge in [0.25, 0.3) is 5.91 Å². The quantitative estimate of drug-likeness (QED) is 0.502. The molecule has 6 rings (SSSR count). The van der Waals surface area contributed by atoms with Crippen LogP contribution in [0.5, 0.6) is 0 Å². The fourth-order valence-corrected chi connectivity index (χ4v) is 5.18. The van der Waals surface area contributed by atoms with Gasteiger partial charge in [0.2, 0.25) is 5.91 Å². The first kappa shape index (κ1) is 16.7. The Kier molecular flexibility index (Phi) is 3.38. The molecule has 0 spiro atoms. The number of benzene rings is 3. The van der Waals surface area contributed by atoms with Crippen LogP contribution in [-0.2, 0) is 16.0 Å². The Hall–Kier alpha value is -3.24. The topological polar surface area (TPSA) is 46.6 Å². The van der Waals surface area contributed by atoms with Crippen molar-refractivity contribution in [1.29, 1.82) is 0 Å². The van der Waals surface area contributed by atoms with Gasteiger partial charge in [0.15, 0.2) is 0 Å². The van der Waals surface area contributed by atoms with Crippen LogP contribution in [0.4, 0.5) is 0 Å². The van der Waals surface area contributed by atoms with E-state index >= 15 is 0 Å². The summed E-state index contributed by atoms with van der Waals surface area (Å²) in [5.74, 6) is -0.803. The molecular formula is C25H19NO3. The number of allylic oxidation sites excluding steroid dienone is 1. The Balaban J connectivity index is 1.72. The Morgan fingerprint density at radius 3 is 2.72 bits per heavy atom. The van der Waals surface area contributed by atoms with Crippen LogP contribution >= 0.6 is 0 Å². The molecule has 0 radical (unpaired) electrons. The molecule has 3 aromatic rings. The average molecular weight is 381 g/mol. The van der Waals surface area contributed by atoms with Crippen molar-refractivity contribution in [2.75, 3.05) is 20.3 Å². The third-order valence-corrected chi connectivity index (χ3v) is 6.43. The van der Waals surface area contributed by atoms with Crippen molar-refractivity contribution in [3.05, 3.63) is 70.3 Å². The number of ether oxygens (including phenoxy) is 1. The maximum atomic E-state index is 13.2. The van der Waals surface area contributed by atoms with Crippen LogP contribution in [0.15, 0.2) is 42.5 Å². The lowest BCUT2D eigenvalue weighted by Gasteiger charge is -2.34. The summed E-state index contributed by atoms with van der Waals surface area (Å²) >= 11 is 0. The summed E-state index contributed by atoms with van der Waals surface area (Å²) in [5.41, 5.74) is 5.14. The molecule has 1 atom stereocenters. The number of nitrogens with zero attached hydrogens (tertiary/aromatic N) is 1. The first-order valence-electron chi connectivity index (χ1n) is 9.94. The highest BCUT2D eigenvalue weighted by Crippen LogP contribution is 2.46. The van der Waals surface area contributed by atoms with E-state index < -0.39 is 5.92 Å². The maximum Gasteiger partial charge on any atom is 0.260 e. The van der Waals surface area contributed by atoms with E-state index in [4.69, 9.17) is 4.74 Å². The van der Waals surface area contributed by atoms with Gasteiger partial charge >= 0.3 is 0 Å². The largest absolute Gasteiger partial charge is 0.383 e. The van der Waals surface area contributed by atoms with E-state index in [0.29, 0.717) is 12.2 Å². The van der Waals surface area contributed by atoms with Gasteiger partial charge in [-0.1, -0.05) is 48.6 Å². The zero-order chi connectivity index (χ0) is 19.7. The van der Waals surface area contributed by atoms with Crippen molar-refractivity contribution < 1.29 is 14.3 Å². The normalized spacial score (nSPS) is 18.9. The number of carbonyl (C=O) groups excluding carboxylic acids is 2. The number of amides is 2. The zero-order valence-electron chi connectivity index (χ0n) is 16.1. The van der Waals surface area contributed by atoms with Crippen LogP contribution in [0.2, 0.25) is 0 Å². The molecule has 0 saturated carbocycles. The van der Waals surface area contributed by atoms with Crippen molar-refractivity contribution in [2.45, 2.75) is 12.3 Å². The predicted molar refractivity (Wildman–Crippen MR) is 114 cm³/mol. The second kappa shape index (κ2) is 5.88. The van der Waals surface area contributed by atoms with Gasteiger partial charge in [0.1, 0.15) is 0 Å². The fraction of sp³-hybridized carbons (Fsp3) is 0.200. The third-order valence-electron chi connectivity index (χ3n) is 6.43. The molecule has 4 heteroatoms.